The molecule has 0 bridgehead atoms. The summed E-state index contributed by atoms with van der Waals surface area (Å²) < 4.78 is 30.2. The zero-order chi connectivity index (χ0) is 14.0. The van der Waals surface area contributed by atoms with Crippen molar-refractivity contribution in [1.29, 1.82) is 0 Å². The number of aliphatic hydroxyl groups is 1. The van der Waals surface area contributed by atoms with Crippen molar-refractivity contribution in [2.45, 2.75) is 39.5 Å². The van der Waals surface area contributed by atoms with Gasteiger partial charge in [-0.3, -0.25) is 9.45 Å². The lowest BCUT2D eigenvalue weighted by Crippen LogP contribution is -2.35. The van der Waals surface area contributed by atoms with Gasteiger partial charge < -0.3 is 5.11 Å². The maximum atomic E-state index is 10.7. The third-order valence-electron chi connectivity index (χ3n) is 3.14. The van der Waals surface area contributed by atoms with Crippen molar-refractivity contribution >= 4 is 10.1 Å². The van der Waals surface area contributed by atoms with Crippen molar-refractivity contribution in [3.8, 4) is 0 Å². The van der Waals surface area contributed by atoms with Crippen LogP contribution in [0.25, 0.3) is 0 Å². The van der Waals surface area contributed by atoms with Gasteiger partial charge in [0.25, 0.3) is 10.1 Å². The molecule has 0 amide bonds. The molecular formula is C12H27NO4S. The summed E-state index contributed by atoms with van der Waals surface area (Å²) >= 11 is 0. The van der Waals surface area contributed by atoms with Crippen LogP contribution in [0.4, 0.5) is 0 Å². The molecule has 0 rings (SSSR count). The summed E-state index contributed by atoms with van der Waals surface area (Å²) in [6.45, 7) is 5.80. The van der Waals surface area contributed by atoms with E-state index in [1.165, 1.54) is 6.42 Å². The number of hydrogen-bond acceptors (Lipinski definition) is 4. The Hall–Kier alpha value is -0.170. The lowest BCUT2D eigenvalue weighted by molar-refractivity contribution is 0.175. The van der Waals surface area contributed by atoms with E-state index in [1.54, 1.807) is 0 Å². The van der Waals surface area contributed by atoms with Crippen molar-refractivity contribution in [1.82, 2.24) is 4.90 Å². The van der Waals surface area contributed by atoms with Gasteiger partial charge >= 0.3 is 0 Å². The van der Waals surface area contributed by atoms with E-state index in [4.69, 9.17) is 9.66 Å². The smallest absolute Gasteiger partial charge is 0.266 e. The fourth-order valence-corrected chi connectivity index (χ4v) is 2.45. The second kappa shape index (κ2) is 9.72. The highest BCUT2D eigenvalue weighted by Crippen LogP contribution is 2.14. The van der Waals surface area contributed by atoms with E-state index in [2.05, 4.69) is 13.8 Å². The molecule has 18 heavy (non-hydrogen) atoms. The second-order valence-electron chi connectivity index (χ2n) is 4.73. The van der Waals surface area contributed by atoms with E-state index in [0.29, 0.717) is 12.5 Å². The Kier molecular flexibility index (Phi) is 9.63. The Labute approximate surface area is 111 Å². The molecule has 0 saturated carbocycles. The van der Waals surface area contributed by atoms with Crippen molar-refractivity contribution < 1.29 is 18.1 Å². The number of hydrogen-bond donors (Lipinski definition) is 2. The van der Waals surface area contributed by atoms with Gasteiger partial charge in [0, 0.05) is 19.6 Å². The second-order valence-corrected chi connectivity index (χ2v) is 6.30. The van der Waals surface area contributed by atoms with Gasteiger partial charge in [-0.1, -0.05) is 33.1 Å². The molecule has 6 heteroatoms. The molecule has 0 fully saturated rings. The molecule has 0 spiro atoms. The average Bonchev–Trinajstić information content (AvgIpc) is 2.30. The third kappa shape index (κ3) is 9.82. The first-order valence-corrected chi connectivity index (χ1v) is 8.32. The van der Waals surface area contributed by atoms with E-state index in [0.717, 1.165) is 25.8 Å². The highest BCUT2D eigenvalue weighted by molar-refractivity contribution is 7.85. The molecule has 1 unspecified atom stereocenters. The Balaban J connectivity index is 4.22. The molecule has 0 heterocycles. The Morgan fingerprint density at radius 3 is 2.33 bits per heavy atom. The first-order valence-electron chi connectivity index (χ1n) is 6.71. The molecule has 0 radical (unpaired) electrons. The molecule has 0 saturated heterocycles. The van der Waals surface area contributed by atoms with Crippen molar-refractivity contribution in [3.05, 3.63) is 0 Å². The zero-order valence-electron chi connectivity index (χ0n) is 11.5. The molecule has 1 atom stereocenters. The van der Waals surface area contributed by atoms with Gasteiger partial charge in [-0.25, -0.2) is 0 Å². The highest BCUT2D eigenvalue weighted by atomic mass is 32.2. The summed E-state index contributed by atoms with van der Waals surface area (Å²) in [5.41, 5.74) is 0. The van der Waals surface area contributed by atoms with Crippen LogP contribution in [0.3, 0.4) is 0 Å². The van der Waals surface area contributed by atoms with Crippen molar-refractivity contribution in [3.63, 3.8) is 0 Å². The largest absolute Gasteiger partial charge is 0.395 e. The minimum Gasteiger partial charge on any atom is -0.395 e. The zero-order valence-corrected chi connectivity index (χ0v) is 12.3. The summed E-state index contributed by atoms with van der Waals surface area (Å²) in [5.74, 6) is 0.259. The maximum Gasteiger partial charge on any atom is 0.266 e. The van der Waals surface area contributed by atoms with Gasteiger partial charge in [-0.2, -0.15) is 8.42 Å². The number of unbranched alkanes of at least 4 members (excludes halogenated alkanes) is 1. The topological polar surface area (TPSA) is 77.8 Å². The Bertz CT molecular complexity index is 292. The van der Waals surface area contributed by atoms with Crippen LogP contribution in [0.2, 0.25) is 0 Å². The van der Waals surface area contributed by atoms with Gasteiger partial charge in [0.2, 0.25) is 0 Å². The monoisotopic (exact) mass is 281 g/mol. The van der Waals surface area contributed by atoms with Crippen LogP contribution >= 0.6 is 0 Å². The first-order chi connectivity index (χ1) is 8.42. The molecule has 0 aliphatic carbocycles. The van der Waals surface area contributed by atoms with Crippen LogP contribution in [-0.4, -0.2) is 55.0 Å². The minimum atomic E-state index is -3.92. The fourth-order valence-electron chi connectivity index (χ4n) is 1.96. The van der Waals surface area contributed by atoms with Gasteiger partial charge in [0.1, 0.15) is 0 Å². The summed E-state index contributed by atoms with van der Waals surface area (Å²) in [6, 6.07) is 0. The Morgan fingerprint density at radius 1 is 1.22 bits per heavy atom. The van der Waals surface area contributed by atoms with Crippen LogP contribution in [0.15, 0.2) is 0 Å². The standard InChI is InChI=1S/C12H27NO4S/c1-3-5-6-12(4-2)11-13(7-9-14)8-10-18(15,16)17/h12,14H,3-11H2,1-2H3,(H,15,16,17). The molecule has 5 nitrogen and oxygen atoms in total. The van der Waals surface area contributed by atoms with E-state index in [1.807, 2.05) is 4.90 Å². The molecule has 110 valence electrons. The van der Waals surface area contributed by atoms with Gasteiger partial charge in [-0.15, -0.1) is 0 Å². The molecule has 2 N–H and O–H groups in total. The lowest BCUT2D eigenvalue weighted by Gasteiger charge is -2.26. The van der Waals surface area contributed by atoms with Gasteiger partial charge in [0.05, 0.1) is 12.4 Å². The summed E-state index contributed by atoms with van der Waals surface area (Å²) in [6.07, 6.45) is 4.50. The normalized spacial score (nSPS) is 14.1. The fraction of sp³-hybridized carbons (Fsp3) is 1.00. The van der Waals surface area contributed by atoms with E-state index >= 15 is 0 Å². The SMILES string of the molecule is CCCCC(CC)CN(CCO)CCS(=O)(=O)O. The van der Waals surface area contributed by atoms with Crippen LogP contribution < -0.4 is 0 Å². The van der Waals surface area contributed by atoms with E-state index in [-0.39, 0.29) is 18.9 Å². The number of aliphatic hydroxyl groups excluding tert-OH is 1. The predicted molar refractivity (Wildman–Crippen MR) is 73.2 cm³/mol. The summed E-state index contributed by atoms with van der Waals surface area (Å²) in [4.78, 5) is 1.91. The lowest BCUT2D eigenvalue weighted by atomic mass is 9.99. The molecular weight excluding hydrogens is 254 g/mol. The van der Waals surface area contributed by atoms with Gasteiger partial charge in [-0.05, 0) is 12.3 Å². The third-order valence-corrected chi connectivity index (χ3v) is 3.84. The van der Waals surface area contributed by atoms with E-state index < -0.39 is 10.1 Å². The molecule has 0 aromatic carbocycles. The Morgan fingerprint density at radius 2 is 1.89 bits per heavy atom. The van der Waals surface area contributed by atoms with Crippen LogP contribution in [0.1, 0.15) is 39.5 Å². The van der Waals surface area contributed by atoms with Crippen molar-refractivity contribution in [2.24, 2.45) is 5.92 Å². The molecule has 0 aromatic rings. The summed E-state index contributed by atoms with van der Waals surface area (Å²) in [7, 11) is -3.92. The number of rotatable bonds is 11. The van der Waals surface area contributed by atoms with Crippen LogP contribution in [0, 0.1) is 5.92 Å². The van der Waals surface area contributed by atoms with Crippen LogP contribution in [-0.2, 0) is 10.1 Å². The maximum absolute atomic E-state index is 10.7. The quantitative estimate of drug-likeness (QED) is 0.560. The van der Waals surface area contributed by atoms with E-state index in [9.17, 15) is 8.42 Å². The molecule has 0 aliphatic rings. The highest BCUT2D eigenvalue weighted by Gasteiger charge is 2.14. The molecule has 0 aliphatic heterocycles. The predicted octanol–water partition coefficient (Wildman–Crippen LogP) is 1.38. The van der Waals surface area contributed by atoms with Crippen LogP contribution in [0.5, 0.6) is 0 Å². The summed E-state index contributed by atoms with van der Waals surface area (Å²) in [5, 5.41) is 8.97. The van der Waals surface area contributed by atoms with Crippen molar-refractivity contribution in [2.75, 3.05) is 32.0 Å². The first kappa shape index (κ1) is 17.8. The number of nitrogens with zero attached hydrogens (tertiary/aromatic N) is 1. The molecule has 0 aromatic heterocycles. The average molecular weight is 281 g/mol. The van der Waals surface area contributed by atoms with Gasteiger partial charge in [0.15, 0.2) is 0 Å². The minimum absolute atomic E-state index is 0.00961.